The van der Waals surface area contributed by atoms with Crippen molar-refractivity contribution in [3.8, 4) is 11.1 Å². The highest BCUT2D eigenvalue weighted by molar-refractivity contribution is 5.94. The second kappa shape index (κ2) is 5.76. The lowest BCUT2D eigenvalue weighted by atomic mass is 9.85. The molecule has 0 N–H and O–H groups in total. The molecule has 0 bridgehead atoms. The molecule has 1 aliphatic heterocycles. The lowest BCUT2D eigenvalue weighted by molar-refractivity contribution is -0.155. The van der Waals surface area contributed by atoms with Crippen LogP contribution < -0.4 is 0 Å². The third-order valence-corrected chi connectivity index (χ3v) is 3.93. The Kier molecular flexibility index (Phi) is 3.80. The van der Waals surface area contributed by atoms with Crippen LogP contribution in [-0.2, 0) is 16.1 Å². The number of nitrogens with zero attached hydrogens (tertiary/aromatic N) is 1. The van der Waals surface area contributed by atoms with Gasteiger partial charge in [-0.15, -0.1) is 0 Å². The number of rotatable bonds is 3. The molecule has 1 aliphatic rings. The zero-order chi connectivity index (χ0) is 15.6. The molecule has 0 amide bonds. The van der Waals surface area contributed by atoms with E-state index in [2.05, 4.69) is 41.6 Å². The maximum absolute atomic E-state index is 11.6. The van der Waals surface area contributed by atoms with E-state index < -0.39 is 5.41 Å². The Morgan fingerprint density at radius 3 is 2.27 bits per heavy atom. The maximum Gasteiger partial charge on any atom is 0.340 e. The number of carbonyl (C=O) groups excluding carboxylic acids is 1. The summed E-state index contributed by atoms with van der Waals surface area (Å²) in [6.07, 6.45) is 1.36. The second-order valence-corrected chi connectivity index (χ2v) is 6.34. The molecule has 0 saturated carbocycles. The summed E-state index contributed by atoms with van der Waals surface area (Å²) >= 11 is 0. The predicted molar refractivity (Wildman–Crippen MR) is 87.5 cm³/mol. The highest BCUT2D eigenvalue weighted by atomic mass is 16.7. The van der Waals surface area contributed by atoms with Gasteiger partial charge < -0.3 is 4.84 Å². The van der Waals surface area contributed by atoms with E-state index in [1.807, 2.05) is 32.0 Å². The summed E-state index contributed by atoms with van der Waals surface area (Å²) in [7, 11) is 0. The highest BCUT2D eigenvalue weighted by Gasteiger charge is 2.35. The molecule has 2 aromatic carbocycles. The molecule has 22 heavy (non-hydrogen) atoms. The number of hydrogen-bond acceptors (Lipinski definition) is 3. The van der Waals surface area contributed by atoms with Crippen molar-refractivity contribution in [1.82, 2.24) is 0 Å². The van der Waals surface area contributed by atoms with Gasteiger partial charge in [-0.2, -0.15) is 0 Å². The largest absolute Gasteiger partial charge is 0.340 e. The van der Waals surface area contributed by atoms with Crippen LogP contribution in [0.15, 0.2) is 59.8 Å². The van der Waals surface area contributed by atoms with Gasteiger partial charge in [0.25, 0.3) is 0 Å². The maximum atomic E-state index is 11.6. The SMILES string of the molecule is CC1(C)CC(Cc2ccc(-c3ccccc3)cc2)=NOC1=O. The molecule has 1 heterocycles. The third kappa shape index (κ3) is 3.08. The number of oxime groups is 1. The molecule has 3 rings (SSSR count). The van der Waals surface area contributed by atoms with E-state index in [0.717, 1.165) is 5.71 Å². The van der Waals surface area contributed by atoms with Crippen molar-refractivity contribution in [2.24, 2.45) is 10.6 Å². The zero-order valence-corrected chi connectivity index (χ0v) is 12.9. The lowest BCUT2D eigenvalue weighted by Gasteiger charge is -2.25. The first-order valence-electron chi connectivity index (χ1n) is 7.46. The van der Waals surface area contributed by atoms with Crippen LogP contribution in [0.3, 0.4) is 0 Å². The zero-order valence-electron chi connectivity index (χ0n) is 12.9. The van der Waals surface area contributed by atoms with Gasteiger partial charge in [0.05, 0.1) is 11.1 Å². The molecular formula is C19H19NO2. The fraction of sp³-hybridized carbons (Fsp3) is 0.263. The van der Waals surface area contributed by atoms with Crippen LogP contribution in [0.2, 0.25) is 0 Å². The number of benzene rings is 2. The monoisotopic (exact) mass is 293 g/mol. The fourth-order valence-electron chi connectivity index (χ4n) is 2.62. The molecule has 0 aromatic heterocycles. The van der Waals surface area contributed by atoms with Crippen LogP contribution in [0.1, 0.15) is 25.8 Å². The lowest BCUT2D eigenvalue weighted by Crippen LogP contribution is -2.33. The van der Waals surface area contributed by atoms with Crippen molar-refractivity contribution in [3.05, 3.63) is 60.2 Å². The summed E-state index contributed by atoms with van der Waals surface area (Å²) in [6, 6.07) is 18.7. The van der Waals surface area contributed by atoms with Crippen LogP contribution in [0.25, 0.3) is 11.1 Å². The first-order chi connectivity index (χ1) is 10.5. The molecule has 0 radical (unpaired) electrons. The van der Waals surface area contributed by atoms with E-state index in [1.54, 1.807) is 0 Å². The Morgan fingerprint density at radius 2 is 1.64 bits per heavy atom. The van der Waals surface area contributed by atoms with Crippen LogP contribution in [0.5, 0.6) is 0 Å². The van der Waals surface area contributed by atoms with Crippen molar-refractivity contribution in [1.29, 1.82) is 0 Å². The molecule has 112 valence electrons. The molecule has 0 saturated heterocycles. The third-order valence-electron chi connectivity index (χ3n) is 3.93. The van der Waals surface area contributed by atoms with Crippen molar-refractivity contribution in [3.63, 3.8) is 0 Å². The van der Waals surface area contributed by atoms with Gasteiger partial charge >= 0.3 is 5.97 Å². The minimum Gasteiger partial charge on any atom is -0.318 e. The molecule has 3 heteroatoms. The van der Waals surface area contributed by atoms with Gasteiger partial charge in [0.15, 0.2) is 0 Å². The molecule has 0 aliphatic carbocycles. The Morgan fingerprint density at radius 1 is 1.00 bits per heavy atom. The molecule has 2 aromatic rings. The first kappa shape index (κ1) is 14.5. The van der Waals surface area contributed by atoms with E-state index >= 15 is 0 Å². The standard InChI is InChI=1S/C19H19NO2/c1-19(2)13-17(20-22-18(19)21)12-14-8-10-16(11-9-14)15-6-4-3-5-7-15/h3-11H,12-13H2,1-2H3. The number of carbonyl (C=O) groups is 1. The Hall–Kier alpha value is -2.42. The second-order valence-electron chi connectivity index (χ2n) is 6.34. The average molecular weight is 293 g/mol. The van der Waals surface area contributed by atoms with Gasteiger partial charge in [-0.1, -0.05) is 59.8 Å². The molecule has 3 nitrogen and oxygen atoms in total. The summed E-state index contributed by atoms with van der Waals surface area (Å²) in [6.45, 7) is 3.78. The van der Waals surface area contributed by atoms with Crippen molar-refractivity contribution in [2.45, 2.75) is 26.7 Å². The fourth-order valence-corrected chi connectivity index (χ4v) is 2.62. The average Bonchev–Trinajstić information content (AvgIpc) is 2.52. The summed E-state index contributed by atoms with van der Waals surface area (Å²) in [4.78, 5) is 16.5. The van der Waals surface area contributed by atoms with Gasteiger partial charge in [-0.05, 0) is 30.5 Å². The Balaban J connectivity index is 1.73. The molecular weight excluding hydrogens is 274 g/mol. The van der Waals surface area contributed by atoms with E-state index in [1.165, 1.54) is 16.7 Å². The van der Waals surface area contributed by atoms with Crippen LogP contribution in [0.4, 0.5) is 0 Å². The summed E-state index contributed by atoms with van der Waals surface area (Å²) in [5.74, 6) is -0.254. The van der Waals surface area contributed by atoms with Crippen molar-refractivity contribution < 1.29 is 9.63 Å². The molecule has 0 fully saturated rings. The Bertz CT molecular complexity index is 700. The van der Waals surface area contributed by atoms with Gasteiger partial charge in [0.2, 0.25) is 0 Å². The topological polar surface area (TPSA) is 38.7 Å². The van der Waals surface area contributed by atoms with E-state index in [-0.39, 0.29) is 5.97 Å². The minimum atomic E-state index is -0.485. The van der Waals surface area contributed by atoms with Gasteiger partial charge in [0.1, 0.15) is 0 Å². The summed E-state index contributed by atoms with van der Waals surface area (Å²) in [5.41, 5.74) is 4.01. The smallest absolute Gasteiger partial charge is 0.318 e. The predicted octanol–water partition coefficient (Wildman–Crippen LogP) is 4.23. The summed E-state index contributed by atoms with van der Waals surface area (Å²) < 4.78 is 0. The van der Waals surface area contributed by atoms with Crippen molar-refractivity contribution in [2.75, 3.05) is 0 Å². The molecule has 0 atom stereocenters. The molecule has 0 spiro atoms. The van der Waals surface area contributed by atoms with Gasteiger partial charge in [-0.3, -0.25) is 0 Å². The quantitative estimate of drug-likeness (QED) is 0.794. The van der Waals surface area contributed by atoms with E-state index in [0.29, 0.717) is 12.8 Å². The number of hydrogen-bond donors (Lipinski definition) is 0. The summed E-state index contributed by atoms with van der Waals surface area (Å²) in [5, 5.41) is 3.95. The van der Waals surface area contributed by atoms with Crippen LogP contribution in [0, 0.1) is 5.41 Å². The van der Waals surface area contributed by atoms with Gasteiger partial charge in [0, 0.05) is 12.8 Å². The van der Waals surface area contributed by atoms with Crippen LogP contribution in [-0.4, -0.2) is 11.7 Å². The molecule has 0 unspecified atom stereocenters. The van der Waals surface area contributed by atoms with Crippen molar-refractivity contribution >= 4 is 11.7 Å². The van der Waals surface area contributed by atoms with Crippen LogP contribution >= 0.6 is 0 Å². The van der Waals surface area contributed by atoms with Gasteiger partial charge in [-0.25, -0.2) is 4.79 Å². The highest BCUT2D eigenvalue weighted by Crippen LogP contribution is 2.28. The Labute approximate surface area is 130 Å². The van der Waals surface area contributed by atoms with E-state index in [4.69, 9.17) is 4.84 Å². The minimum absolute atomic E-state index is 0.254. The normalized spacial score (nSPS) is 16.8. The van der Waals surface area contributed by atoms with E-state index in [9.17, 15) is 4.79 Å². The first-order valence-corrected chi connectivity index (χ1v) is 7.46.